The number of carbonyl (C=O) groups is 2. The molecule has 0 spiro atoms. The zero-order valence-electron chi connectivity index (χ0n) is 22.4. The van der Waals surface area contributed by atoms with Gasteiger partial charge in [0.1, 0.15) is 10.7 Å². The number of nitrogens with zero attached hydrogens (tertiary/aromatic N) is 3. The van der Waals surface area contributed by atoms with Crippen LogP contribution in [0.15, 0.2) is 123 Å². The molecule has 204 valence electrons. The molecule has 4 aromatic rings. The number of hydrogen-bond donors (Lipinski definition) is 1. The van der Waals surface area contributed by atoms with Gasteiger partial charge in [0.2, 0.25) is 0 Å². The smallest absolute Gasteiger partial charge is 0.269 e. The molecule has 0 saturated carbocycles. The zero-order valence-corrected chi connectivity index (χ0v) is 24.0. The summed E-state index contributed by atoms with van der Waals surface area (Å²) in [6, 6.07) is 32.3. The summed E-state index contributed by atoms with van der Waals surface area (Å²) in [5, 5.41) is 4.41. The minimum absolute atomic E-state index is 0.0813. The van der Waals surface area contributed by atoms with Crippen molar-refractivity contribution in [2.75, 3.05) is 24.4 Å². The molecule has 0 aliphatic carbocycles. The highest BCUT2D eigenvalue weighted by Gasteiger charge is 2.39. The number of amidine groups is 1. The lowest BCUT2D eigenvalue weighted by Gasteiger charge is -2.17. The van der Waals surface area contributed by atoms with Crippen LogP contribution in [0.1, 0.15) is 15.9 Å². The van der Waals surface area contributed by atoms with E-state index in [1.54, 1.807) is 54.1 Å². The van der Waals surface area contributed by atoms with Crippen LogP contribution >= 0.6 is 23.5 Å². The van der Waals surface area contributed by atoms with Gasteiger partial charge in [-0.15, -0.1) is 0 Å². The lowest BCUT2D eigenvalue weighted by atomic mass is 10.2. The third-order valence-electron chi connectivity index (χ3n) is 6.64. The van der Waals surface area contributed by atoms with Crippen LogP contribution in [0.25, 0.3) is 0 Å². The molecule has 2 amide bonds. The Morgan fingerprint density at radius 1 is 0.902 bits per heavy atom. The number of anilines is 2. The van der Waals surface area contributed by atoms with Gasteiger partial charge in [0.15, 0.2) is 5.17 Å². The average Bonchev–Trinajstić information content (AvgIpc) is 3.49. The van der Waals surface area contributed by atoms with E-state index in [0.29, 0.717) is 39.3 Å². The summed E-state index contributed by atoms with van der Waals surface area (Å²) in [6.45, 7) is 0.399. The molecule has 0 atom stereocenters. The number of methoxy groups -OCH3 is 1. The first kappa shape index (κ1) is 26.7. The van der Waals surface area contributed by atoms with E-state index in [2.05, 4.69) is 22.3 Å². The molecule has 1 fully saturated rings. The fourth-order valence-corrected chi connectivity index (χ4v) is 6.90. The quantitative estimate of drug-likeness (QED) is 0.246. The van der Waals surface area contributed by atoms with E-state index in [1.807, 2.05) is 67.7 Å². The Balaban J connectivity index is 1.31. The maximum Gasteiger partial charge on any atom is 0.269 e. The third kappa shape index (κ3) is 5.59. The van der Waals surface area contributed by atoms with Crippen LogP contribution < -0.4 is 15.0 Å². The van der Waals surface area contributed by atoms with Crippen LogP contribution in [0.5, 0.6) is 5.75 Å². The molecule has 7 nitrogen and oxygen atoms in total. The number of nitrogens with one attached hydrogen (secondary N) is 1. The van der Waals surface area contributed by atoms with Crippen LogP contribution in [-0.2, 0) is 11.3 Å². The zero-order chi connectivity index (χ0) is 28.3. The van der Waals surface area contributed by atoms with Crippen molar-refractivity contribution in [2.24, 2.45) is 4.99 Å². The number of benzene rings is 4. The maximum atomic E-state index is 13.9. The molecule has 0 radical (unpaired) electrons. The highest BCUT2D eigenvalue weighted by Crippen LogP contribution is 2.50. The van der Waals surface area contributed by atoms with Crippen LogP contribution in [0.4, 0.5) is 17.1 Å². The lowest BCUT2D eigenvalue weighted by molar-refractivity contribution is -0.122. The molecule has 4 aromatic carbocycles. The largest absolute Gasteiger partial charge is 0.497 e. The molecule has 0 unspecified atom stereocenters. The number of hydrogen-bond acceptors (Lipinski definition) is 7. The van der Waals surface area contributed by atoms with Gasteiger partial charge >= 0.3 is 0 Å². The molecule has 1 saturated heterocycles. The van der Waals surface area contributed by atoms with Gasteiger partial charge in [-0.2, -0.15) is 0 Å². The Hall–Kier alpha value is -4.47. The second-order valence-electron chi connectivity index (χ2n) is 9.37. The van der Waals surface area contributed by atoms with Gasteiger partial charge in [-0.05, 0) is 65.9 Å². The predicted octanol–water partition coefficient (Wildman–Crippen LogP) is 7.12. The Morgan fingerprint density at radius 3 is 2.49 bits per heavy atom. The van der Waals surface area contributed by atoms with Gasteiger partial charge in [-0.3, -0.25) is 14.5 Å². The molecule has 0 bridgehead atoms. The number of thioether (sulfide) groups is 2. The summed E-state index contributed by atoms with van der Waals surface area (Å²) >= 11 is 2.97. The van der Waals surface area contributed by atoms with Crippen molar-refractivity contribution in [1.29, 1.82) is 0 Å². The minimum atomic E-state index is -0.252. The Kier molecular flexibility index (Phi) is 7.54. The molecule has 0 aromatic heterocycles. The molecule has 6 rings (SSSR count). The molecule has 41 heavy (non-hydrogen) atoms. The van der Waals surface area contributed by atoms with E-state index in [1.165, 1.54) is 11.8 Å². The molecule has 1 N–H and O–H groups in total. The number of ether oxygens (including phenoxy) is 1. The fraction of sp³-hybridized carbons (Fsp3) is 0.0938. The molecule has 2 aliphatic heterocycles. The first-order chi connectivity index (χ1) is 20.0. The van der Waals surface area contributed by atoms with Crippen molar-refractivity contribution in [3.8, 4) is 5.75 Å². The van der Waals surface area contributed by atoms with Crippen molar-refractivity contribution >= 4 is 57.6 Å². The topological polar surface area (TPSA) is 74.2 Å². The second kappa shape index (κ2) is 11.6. The third-order valence-corrected chi connectivity index (χ3v) is 9.07. The van der Waals surface area contributed by atoms with Gasteiger partial charge in [-0.25, -0.2) is 4.99 Å². The fourth-order valence-electron chi connectivity index (χ4n) is 4.56. The van der Waals surface area contributed by atoms with Crippen molar-refractivity contribution in [1.82, 2.24) is 4.90 Å². The van der Waals surface area contributed by atoms with E-state index in [4.69, 9.17) is 9.73 Å². The summed E-state index contributed by atoms with van der Waals surface area (Å²) in [6.07, 6.45) is 0. The molecular formula is C32H26N4O3S2. The molecular weight excluding hydrogens is 553 g/mol. The van der Waals surface area contributed by atoms with E-state index in [0.717, 1.165) is 21.2 Å². The summed E-state index contributed by atoms with van der Waals surface area (Å²) in [5.41, 5.74) is 3.80. The highest BCUT2D eigenvalue weighted by molar-refractivity contribution is 8.19. The summed E-state index contributed by atoms with van der Waals surface area (Å²) in [5.74, 6) is 0.276. The van der Waals surface area contributed by atoms with Crippen LogP contribution in [0, 0.1) is 0 Å². The predicted molar refractivity (Wildman–Crippen MR) is 167 cm³/mol. The van der Waals surface area contributed by atoms with Gasteiger partial charge in [0.05, 0.1) is 30.1 Å². The van der Waals surface area contributed by atoms with Crippen LogP contribution in [0.2, 0.25) is 0 Å². The van der Waals surface area contributed by atoms with Gasteiger partial charge < -0.3 is 15.0 Å². The maximum absolute atomic E-state index is 13.9. The Labute approximate surface area is 246 Å². The van der Waals surface area contributed by atoms with Gasteiger partial charge in [0, 0.05) is 23.2 Å². The van der Waals surface area contributed by atoms with E-state index >= 15 is 0 Å². The number of amides is 2. The van der Waals surface area contributed by atoms with E-state index in [-0.39, 0.29) is 11.8 Å². The molecule has 9 heteroatoms. The van der Waals surface area contributed by atoms with Crippen molar-refractivity contribution in [3.63, 3.8) is 0 Å². The van der Waals surface area contributed by atoms with E-state index in [9.17, 15) is 9.59 Å². The standard InChI is InChI=1S/C32H26N4O3S2/c1-35-26-16-6-7-17-27(26)40-31(35)28-30(38)36(20-21-10-4-3-5-11-21)32(41-28)34-24-14-9-13-23(19-24)33-29(37)22-12-8-15-25(18-22)39-2/h3-19H,20H2,1-2H3,(H,33,37)/b31-28+,34-32?. The Bertz CT molecular complexity index is 1700. The second-order valence-corrected chi connectivity index (χ2v) is 11.4. The first-order valence-electron chi connectivity index (χ1n) is 12.9. The van der Waals surface area contributed by atoms with Crippen LogP contribution in [0.3, 0.4) is 0 Å². The van der Waals surface area contributed by atoms with Crippen molar-refractivity contribution in [3.05, 3.63) is 124 Å². The summed E-state index contributed by atoms with van der Waals surface area (Å²) in [7, 11) is 3.55. The number of fused-ring (bicyclic) bond motifs is 1. The first-order valence-corrected chi connectivity index (χ1v) is 14.6. The molecule has 2 aliphatic rings. The lowest BCUT2D eigenvalue weighted by Crippen LogP contribution is -2.29. The Morgan fingerprint density at radius 2 is 1.68 bits per heavy atom. The SMILES string of the molecule is COc1cccc(C(=O)Nc2cccc(N=C3S/C(=C4/Sc5ccccc5N4C)C(=O)N3Cc3ccccc3)c2)c1. The van der Waals surface area contributed by atoms with Crippen LogP contribution in [-0.4, -0.2) is 36.0 Å². The van der Waals surface area contributed by atoms with Gasteiger partial charge in [-0.1, -0.05) is 66.4 Å². The number of carbonyl (C=O) groups excluding carboxylic acids is 2. The van der Waals surface area contributed by atoms with Gasteiger partial charge in [0.25, 0.3) is 11.8 Å². The number of rotatable bonds is 6. The van der Waals surface area contributed by atoms with Crippen molar-refractivity contribution < 1.29 is 14.3 Å². The number of aliphatic imine (C=N–C) groups is 1. The highest BCUT2D eigenvalue weighted by atomic mass is 32.2. The minimum Gasteiger partial charge on any atom is -0.497 e. The van der Waals surface area contributed by atoms with E-state index < -0.39 is 0 Å². The average molecular weight is 579 g/mol. The normalized spacial score (nSPS) is 17.2. The van der Waals surface area contributed by atoms with Crippen molar-refractivity contribution in [2.45, 2.75) is 11.4 Å². The molecule has 2 heterocycles. The summed E-state index contributed by atoms with van der Waals surface area (Å²) < 4.78 is 5.24. The summed E-state index contributed by atoms with van der Waals surface area (Å²) in [4.78, 5) is 37.2. The monoisotopic (exact) mass is 578 g/mol. The number of para-hydroxylation sites is 1.